The van der Waals surface area contributed by atoms with Gasteiger partial charge in [0.15, 0.2) is 0 Å². The van der Waals surface area contributed by atoms with Gasteiger partial charge in [0.05, 0.1) is 22.5 Å². The Morgan fingerprint density at radius 3 is 2.67 bits per heavy atom. The molecule has 30 heavy (non-hydrogen) atoms. The Morgan fingerprint density at radius 2 is 1.67 bits per heavy atom. The number of para-hydroxylation sites is 1. The lowest BCUT2D eigenvalue weighted by Gasteiger charge is -2.18. The van der Waals surface area contributed by atoms with Crippen molar-refractivity contribution in [2.45, 2.75) is 10.6 Å². The Balaban J connectivity index is 1.46. The number of benzene rings is 4. The van der Waals surface area contributed by atoms with Crippen LogP contribution >= 0.6 is 23.1 Å². The molecule has 2 nitrogen and oxygen atoms in total. The van der Waals surface area contributed by atoms with E-state index < -0.39 is 0 Å². The number of nitrogens with zero attached hydrogens (tertiary/aromatic N) is 2. The Kier molecular flexibility index (Phi) is 3.45. The van der Waals surface area contributed by atoms with E-state index in [0.29, 0.717) is 0 Å². The number of imidazole rings is 1. The molecule has 6 aromatic rings. The van der Waals surface area contributed by atoms with Crippen LogP contribution < -0.4 is 0 Å². The average Bonchev–Trinajstić information content (AvgIpc) is 3.37. The monoisotopic (exact) mass is 420 g/mol. The van der Waals surface area contributed by atoms with Crippen molar-refractivity contribution < 1.29 is 0 Å². The van der Waals surface area contributed by atoms with Crippen molar-refractivity contribution >= 4 is 54.3 Å². The summed E-state index contributed by atoms with van der Waals surface area (Å²) >= 11 is 3.75. The molecule has 142 valence electrons. The number of thioether (sulfide) groups is 1. The second-order valence-corrected chi connectivity index (χ2v) is 9.67. The minimum Gasteiger partial charge on any atom is -0.294 e. The highest BCUT2D eigenvalue weighted by Crippen LogP contribution is 2.41. The van der Waals surface area contributed by atoms with E-state index in [1.54, 1.807) is 0 Å². The lowest BCUT2D eigenvalue weighted by Crippen LogP contribution is -2.05. The van der Waals surface area contributed by atoms with Crippen molar-refractivity contribution in [1.29, 1.82) is 0 Å². The predicted molar refractivity (Wildman–Crippen MR) is 129 cm³/mol. The number of thiophene rings is 1. The maximum absolute atomic E-state index is 5.01. The fourth-order valence-electron chi connectivity index (χ4n) is 4.54. The molecule has 0 bridgehead atoms. The summed E-state index contributed by atoms with van der Waals surface area (Å²) in [5.41, 5.74) is 6.01. The maximum atomic E-state index is 5.01. The molecular weight excluding hydrogens is 404 g/mol. The van der Waals surface area contributed by atoms with Gasteiger partial charge in [0.1, 0.15) is 5.82 Å². The molecule has 0 amide bonds. The minimum atomic E-state index is 0.910. The molecule has 0 atom stereocenters. The Bertz CT molecular complexity index is 1610. The Hall–Kier alpha value is -3.08. The first-order valence-electron chi connectivity index (χ1n) is 10.0. The number of aromatic nitrogens is 2. The first-order chi connectivity index (χ1) is 14.9. The molecule has 7 rings (SSSR count). The van der Waals surface area contributed by atoms with Gasteiger partial charge in [-0.2, -0.15) is 0 Å². The lowest BCUT2D eigenvalue weighted by molar-refractivity contribution is 0.945. The summed E-state index contributed by atoms with van der Waals surface area (Å²) in [5, 5.41) is 2.68. The van der Waals surface area contributed by atoms with Gasteiger partial charge < -0.3 is 0 Å². The van der Waals surface area contributed by atoms with Crippen molar-refractivity contribution in [3.63, 3.8) is 0 Å². The second kappa shape index (κ2) is 6.21. The largest absolute Gasteiger partial charge is 0.294 e. The van der Waals surface area contributed by atoms with Crippen LogP contribution in [0.25, 0.3) is 48.0 Å². The minimum absolute atomic E-state index is 0.910. The van der Waals surface area contributed by atoms with E-state index in [4.69, 9.17) is 4.98 Å². The molecular formula is C26H16N2S2. The Labute approximate surface area is 181 Å². The van der Waals surface area contributed by atoms with Gasteiger partial charge >= 0.3 is 0 Å². The van der Waals surface area contributed by atoms with Crippen LogP contribution in [0.4, 0.5) is 0 Å². The fourth-order valence-corrected chi connectivity index (χ4v) is 6.74. The fraction of sp³-hybridized carbons (Fsp3) is 0.0385. The third-order valence-corrected chi connectivity index (χ3v) is 8.18. The molecule has 0 spiro atoms. The van der Waals surface area contributed by atoms with E-state index in [-0.39, 0.29) is 0 Å². The van der Waals surface area contributed by atoms with E-state index in [1.165, 1.54) is 47.4 Å². The molecule has 0 radical (unpaired) electrons. The number of fused-ring (bicyclic) bond motifs is 8. The quantitative estimate of drug-likeness (QED) is 0.272. The van der Waals surface area contributed by atoms with Crippen LogP contribution in [0, 0.1) is 0 Å². The third-order valence-electron chi connectivity index (χ3n) is 5.90. The molecule has 4 heteroatoms. The van der Waals surface area contributed by atoms with Crippen molar-refractivity contribution in [2.24, 2.45) is 0 Å². The van der Waals surface area contributed by atoms with Crippen molar-refractivity contribution in [1.82, 2.24) is 9.55 Å². The van der Waals surface area contributed by atoms with Crippen LogP contribution in [0.3, 0.4) is 0 Å². The molecule has 0 saturated heterocycles. The summed E-state index contributed by atoms with van der Waals surface area (Å²) in [6.45, 7) is 0. The highest BCUT2D eigenvalue weighted by atomic mass is 32.2. The summed E-state index contributed by atoms with van der Waals surface area (Å²) < 4.78 is 5.01. The van der Waals surface area contributed by atoms with Gasteiger partial charge in [-0.15, -0.1) is 23.1 Å². The van der Waals surface area contributed by atoms with Crippen LogP contribution in [0.1, 0.15) is 5.82 Å². The molecule has 3 heterocycles. The lowest BCUT2D eigenvalue weighted by atomic mass is 10.0. The predicted octanol–water partition coefficient (Wildman–Crippen LogP) is 7.67. The highest BCUT2D eigenvalue weighted by molar-refractivity contribution is 7.98. The van der Waals surface area contributed by atoms with Crippen LogP contribution in [0.2, 0.25) is 0 Å². The topological polar surface area (TPSA) is 17.8 Å². The summed E-state index contributed by atoms with van der Waals surface area (Å²) in [7, 11) is 0. The molecule has 2 aromatic heterocycles. The van der Waals surface area contributed by atoms with Gasteiger partial charge in [-0.05, 0) is 41.5 Å². The van der Waals surface area contributed by atoms with Gasteiger partial charge in [0.25, 0.3) is 0 Å². The first-order valence-corrected chi connectivity index (χ1v) is 11.8. The zero-order valence-corrected chi connectivity index (χ0v) is 17.6. The summed E-state index contributed by atoms with van der Waals surface area (Å²) in [6, 6.07) is 30.7. The number of hydrogen-bond donors (Lipinski definition) is 0. The zero-order valence-electron chi connectivity index (χ0n) is 16.0. The van der Waals surface area contributed by atoms with Crippen LogP contribution in [0.15, 0.2) is 89.8 Å². The van der Waals surface area contributed by atoms with Gasteiger partial charge in [0, 0.05) is 25.1 Å². The molecule has 0 fully saturated rings. The smallest absolute Gasteiger partial charge is 0.124 e. The molecule has 0 aliphatic carbocycles. The third kappa shape index (κ3) is 2.29. The second-order valence-electron chi connectivity index (χ2n) is 7.60. The molecule has 0 saturated carbocycles. The van der Waals surface area contributed by atoms with Crippen LogP contribution in [-0.4, -0.2) is 9.55 Å². The van der Waals surface area contributed by atoms with Crippen molar-refractivity contribution in [2.75, 3.05) is 0 Å². The molecule has 0 unspecified atom stereocenters. The van der Waals surface area contributed by atoms with Crippen LogP contribution in [-0.2, 0) is 5.75 Å². The van der Waals surface area contributed by atoms with E-state index in [1.807, 2.05) is 23.1 Å². The van der Waals surface area contributed by atoms with E-state index in [9.17, 15) is 0 Å². The van der Waals surface area contributed by atoms with E-state index in [0.717, 1.165) is 17.1 Å². The SMILES string of the molecule is c1ccc2c(c1)SCc1nc3cc(-c4cccc5c4sc4ccccc45)ccc3n1-2. The van der Waals surface area contributed by atoms with Crippen LogP contribution in [0.5, 0.6) is 0 Å². The average molecular weight is 421 g/mol. The molecule has 0 N–H and O–H groups in total. The maximum Gasteiger partial charge on any atom is 0.124 e. The zero-order chi connectivity index (χ0) is 19.7. The molecule has 4 aromatic carbocycles. The summed E-state index contributed by atoms with van der Waals surface area (Å²) in [4.78, 5) is 6.33. The molecule has 1 aliphatic rings. The normalized spacial score (nSPS) is 13.1. The number of rotatable bonds is 1. The van der Waals surface area contributed by atoms with Gasteiger partial charge in [0.2, 0.25) is 0 Å². The van der Waals surface area contributed by atoms with Gasteiger partial charge in [-0.3, -0.25) is 4.57 Å². The number of hydrogen-bond acceptors (Lipinski definition) is 3. The highest BCUT2D eigenvalue weighted by Gasteiger charge is 2.20. The van der Waals surface area contributed by atoms with E-state index >= 15 is 0 Å². The van der Waals surface area contributed by atoms with Crippen molar-refractivity contribution in [3.05, 3.63) is 90.8 Å². The Morgan fingerprint density at radius 1 is 0.800 bits per heavy atom. The van der Waals surface area contributed by atoms with Gasteiger partial charge in [-0.25, -0.2) is 4.98 Å². The van der Waals surface area contributed by atoms with E-state index in [2.05, 4.69) is 89.5 Å². The summed E-state index contributed by atoms with van der Waals surface area (Å²) in [6.07, 6.45) is 0. The molecule has 1 aliphatic heterocycles. The van der Waals surface area contributed by atoms with Crippen molar-refractivity contribution in [3.8, 4) is 16.8 Å². The van der Waals surface area contributed by atoms with Gasteiger partial charge in [-0.1, -0.05) is 54.6 Å². The first kappa shape index (κ1) is 16.7. The summed E-state index contributed by atoms with van der Waals surface area (Å²) in [5.74, 6) is 2.04. The standard InChI is InChI=1S/C26H16N2S2/c1-3-10-23-18(6-1)19-8-5-7-17(26(19)30-23)16-12-13-21-20(14-16)27-25-15-29-24-11-4-2-9-22(24)28(21)25/h1-14H,15H2.